The molecule has 0 saturated carbocycles. The Bertz CT molecular complexity index is 3550. The number of aromatic nitrogens is 3. The van der Waals surface area contributed by atoms with Gasteiger partial charge in [-0.1, -0.05) is 140 Å². The first-order valence-electron chi connectivity index (χ1n) is 18.8. The zero-order valence-electron chi connectivity index (χ0n) is 29.9. The summed E-state index contributed by atoms with van der Waals surface area (Å²) in [4.78, 5) is 15.4. The van der Waals surface area contributed by atoms with Crippen molar-refractivity contribution in [2.45, 2.75) is 0 Å². The molecule has 3 aromatic heterocycles. The fourth-order valence-electron chi connectivity index (χ4n) is 8.46. The number of furan rings is 2. The van der Waals surface area contributed by atoms with Crippen molar-refractivity contribution in [2.75, 3.05) is 0 Å². The highest BCUT2D eigenvalue weighted by molar-refractivity contribution is 6.18. The number of nitrogens with zero attached hydrogens (tertiary/aromatic N) is 3. The lowest BCUT2D eigenvalue weighted by Gasteiger charge is -2.10. The van der Waals surface area contributed by atoms with Crippen LogP contribution in [-0.4, -0.2) is 15.0 Å². The minimum atomic E-state index is 0.542. The Morgan fingerprint density at radius 3 is 1.80 bits per heavy atom. The fraction of sp³-hybridized carbons (Fsp3) is 0. The van der Waals surface area contributed by atoms with Crippen molar-refractivity contribution in [2.24, 2.45) is 0 Å². The summed E-state index contributed by atoms with van der Waals surface area (Å²) in [6.07, 6.45) is 0. The third-order valence-electron chi connectivity index (χ3n) is 11.1. The predicted molar refractivity (Wildman–Crippen MR) is 229 cm³/mol. The molecule has 0 aliphatic carbocycles. The number of para-hydroxylation sites is 2. The molecule has 0 bridgehead atoms. The van der Waals surface area contributed by atoms with Gasteiger partial charge in [-0.25, -0.2) is 15.0 Å². The van der Waals surface area contributed by atoms with E-state index in [0.29, 0.717) is 17.5 Å². The summed E-state index contributed by atoms with van der Waals surface area (Å²) in [5.74, 6) is 1.69. The van der Waals surface area contributed by atoms with Crippen molar-refractivity contribution in [3.05, 3.63) is 176 Å². The fourth-order valence-corrected chi connectivity index (χ4v) is 8.46. The maximum absolute atomic E-state index is 6.49. The van der Waals surface area contributed by atoms with Crippen LogP contribution in [0.2, 0.25) is 0 Å². The van der Waals surface area contributed by atoms with Crippen molar-refractivity contribution in [1.82, 2.24) is 15.0 Å². The van der Waals surface area contributed by atoms with Gasteiger partial charge < -0.3 is 8.83 Å². The molecule has 0 fully saturated rings. The molecule has 56 heavy (non-hydrogen) atoms. The lowest BCUT2D eigenvalue weighted by molar-refractivity contribution is 0.668. The zero-order chi connectivity index (χ0) is 36.7. The van der Waals surface area contributed by atoms with Gasteiger partial charge in [-0.3, -0.25) is 0 Å². The molecular weight excluding hydrogens is 687 g/mol. The van der Waals surface area contributed by atoms with Crippen molar-refractivity contribution in [3.63, 3.8) is 0 Å². The summed E-state index contributed by atoms with van der Waals surface area (Å²) >= 11 is 0. The van der Waals surface area contributed by atoms with Crippen molar-refractivity contribution >= 4 is 76.2 Å². The summed E-state index contributed by atoms with van der Waals surface area (Å²) < 4.78 is 12.9. The average molecular weight is 716 g/mol. The smallest absolute Gasteiger partial charge is 0.167 e. The summed E-state index contributed by atoms with van der Waals surface area (Å²) in [6, 6.07) is 61.1. The largest absolute Gasteiger partial charge is 0.456 e. The normalized spacial score (nSPS) is 11.9. The van der Waals surface area contributed by atoms with Crippen LogP contribution in [0, 0.1) is 0 Å². The standard InChI is InChI=1S/C51H29N3O2/c1-2-11-31(12-3-1)49-52-50(54-51(53-49)42-17-8-15-40-39-14-6-7-18-44(39)56-48(40)42)41-16-9-19-46-47(41)43-29-33(23-27-45(43)55-46)32-21-24-36-34(28-32)22-26-37-35-13-5-4-10-30(35)20-25-38(36)37/h1-29H. The molecule has 5 heteroatoms. The van der Waals surface area contributed by atoms with Crippen molar-refractivity contribution in [3.8, 4) is 45.3 Å². The molecule has 0 amide bonds. The molecule has 260 valence electrons. The van der Waals surface area contributed by atoms with E-state index in [9.17, 15) is 0 Å². The lowest BCUT2D eigenvalue weighted by Crippen LogP contribution is -2.00. The molecule has 0 atom stereocenters. The van der Waals surface area contributed by atoms with E-state index >= 15 is 0 Å². The highest BCUT2D eigenvalue weighted by Gasteiger charge is 2.21. The van der Waals surface area contributed by atoms with Gasteiger partial charge in [0.25, 0.3) is 0 Å². The van der Waals surface area contributed by atoms with E-state index in [4.69, 9.17) is 23.8 Å². The van der Waals surface area contributed by atoms with Crippen molar-refractivity contribution in [1.29, 1.82) is 0 Å². The molecule has 0 aliphatic heterocycles. The van der Waals surface area contributed by atoms with E-state index in [1.165, 1.54) is 32.3 Å². The van der Waals surface area contributed by atoms with E-state index in [0.717, 1.165) is 71.7 Å². The van der Waals surface area contributed by atoms with Crippen LogP contribution >= 0.6 is 0 Å². The number of hydrogen-bond acceptors (Lipinski definition) is 5. The van der Waals surface area contributed by atoms with Crippen LogP contribution in [-0.2, 0) is 0 Å². The second kappa shape index (κ2) is 11.9. The van der Waals surface area contributed by atoms with E-state index in [1.54, 1.807) is 0 Å². The Labute approximate surface area is 320 Å². The number of benzene rings is 9. The molecule has 0 N–H and O–H groups in total. The molecular formula is C51H29N3O2. The van der Waals surface area contributed by atoms with E-state index < -0.39 is 0 Å². The summed E-state index contributed by atoms with van der Waals surface area (Å²) in [7, 11) is 0. The van der Waals surface area contributed by atoms with Gasteiger partial charge >= 0.3 is 0 Å². The number of fused-ring (bicyclic) bond motifs is 11. The Kier molecular flexibility index (Phi) is 6.56. The van der Waals surface area contributed by atoms with E-state index in [-0.39, 0.29) is 0 Å². The molecule has 12 rings (SSSR count). The van der Waals surface area contributed by atoms with Gasteiger partial charge in [0.2, 0.25) is 0 Å². The van der Waals surface area contributed by atoms with Gasteiger partial charge in [0.05, 0.1) is 5.56 Å². The average Bonchev–Trinajstić information content (AvgIpc) is 3.84. The second-order valence-electron chi connectivity index (χ2n) is 14.3. The third-order valence-corrected chi connectivity index (χ3v) is 11.1. The second-order valence-corrected chi connectivity index (χ2v) is 14.3. The predicted octanol–water partition coefficient (Wildman–Crippen LogP) is 13.8. The number of rotatable bonds is 4. The first-order valence-corrected chi connectivity index (χ1v) is 18.8. The van der Waals surface area contributed by atoms with Gasteiger partial charge in [-0.05, 0) is 79.8 Å². The number of hydrogen-bond donors (Lipinski definition) is 0. The van der Waals surface area contributed by atoms with Crippen LogP contribution in [0.4, 0.5) is 0 Å². The van der Waals surface area contributed by atoms with Crippen LogP contribution in [0.5, 0.6) is 0 Å². The first kappa shape index (κ1) is 30.8. The van der Waals surface area contributed by atoms with Gasteiger partial charge in [0.1, 0.15) is 22.3 Å². The highest BCUT2D eigenvalue weighted by atomic mass is 16.3. The maximum Gasteiger partial charge on any atom is 0.167 e. The van der Waals surface area contributed by atoms with Crippen LogP contribution in [0.1, 0.15) is 0 Å². The van der Waals surface area contributed by atoms with Crippen LogP contribution < -0.4 is 0 Å². The molecule has 0 unspecified atom stereocenters. The monoisotopic (exact) mass is 715 g/mol. The summed E-state index contributed by atoms with van der Waals surface area (Å²) in [5, 5.41) is 11.5. The lowest BCUT2D eigenvalue weighted by atomic mass is 9.94. The quantitative estimate of drug-likeness (QED) is 0.170. The Morgan fingerprint density at radius 1 is 0.304 bits per heavy atom. The SMILES string of the molecule is c1ccc(-c2nc(-c3cccc4c3oc3ccccc34)nc(-c3cccc4oc5ccc(-c6ccc7c(ccc8c9ccccc9ccc78)c6)cc5c34)n2)cc1. The molecule has 0 spiro atoms. The Hall–Kier alpha value is -7.63. The Balaban J connectivity index is 1.04. The van der Waals surface area contributed by atoms with Crippen LogP contribution in [0.15, 0.2) is 185 Å². The molecule has 12 aromatic rings. The molecule has 0 saturated heterocycles. The van der Waals surface area contributed by atoms with Crippen LogP contribution in [0.25, 0.3) is 121 Å². The van der Waals surface area contributed by atoms with Gasteiger partial charge in [0.15, 0.2) is 17.5 Å². The Morgan fingerprint density at radius 2 is 0.911 bits per heavy atom. The molecule has 3 heterocycles. The minimum absolute atomic E-state index is 0.542. The molecule has 0 radical (unpaired) electrons. The minimum Gasteiger partial charge on any atom is -0.456 e. The maximum atomic E-state index is 6.49. The van der Waals surface area contributed by atoms with Crippen molar-refractivity contribution < 1.29 is 8.83 Å². The van der Waals surface area contributed by atoms with E-state index in [1.807, 2.05) is 72.8 Å². The zero-order valence-corrected chi connectivity index (χ0v) is 29.9. The van der Waals surface area contributed by atoms with Crippen LogP contribution in [0.3, 0.4) is 0 Å². The van der Waals surface area contributed by atoms with E-state index in [2.05, 4.69) is 103 Å². The topological polar surface area (TPSA) is 65.0 Å². The van der Waals surface area contributed by atoms with Gasteiger partial charge in [-0.2, -0.15) is 0 Å². The van der Waals surface area contributed by atoms with Gasteiger partial charge in [-0.15, -0.1) is 0 Å². The first-order chi connectivity index (χ1) is 27.7. The molecule has 0 aliphatic rings. The molecule has 9 aromatic carbocycles. The van der Waals surface area contributed by atoms with Gasteiger partial charge in [0, 0.05) is 32.7 Å². The summed E-state index contributed by atoms with van der Waals surface area (Å²) in [6.45, 7) is 0. The highest BCUT2D eigenvalue weighted by Crippen LogP contribution is 2.41. The molecule has 5 nitrogen and oxygen atoms in total. The third kappa shape index (κ3) is 4.71. The summed E-state index contributed by atoms with van der Waals surface area (Å²) in [5.41, 5.74) is 7.97.